The summed E-state index contributed by atoms with van der Waals surface area (Å²) in [5.74, 6) is 0. The number of benzene rings is 12. The third kappa shape index (κ3) is 6.74. The second-order valence-electron chi connectivity index (χ2n) is 18.9. The van der Waals surface area contributed by atoms with E-state index in [0.29, 0.717) is 0 Å². The van der Waals surface area contributed by atoms with Crippen molar-refractivity contribution in [3.8, 4) is 16.8 Å². The lowest BCUT2D eigenvalue weighted by Gasteiger charge is -2.30. The van der Waals surface area contributed by atoms with Crippen LogP contribution in [0, 0.1) is 0 Å². The molecule has 0 N–H and O–H groups in total. The van der Waals surface area contributed by atoms with Crippen molar-refractivity contribution in [2.45, 2.75) is 0 Å². The molecule has 0 amide bonds. The Labute approximate surface area is 425 Å². The molecule has 3 heterocycles. The van der Waals surface area contributed by atoms with E-state index in [1.165, 1.54) is 58.0 Å². The lowest BCUT2D eigenvalue weighted by atomic mass is 9.99. The SMILES string of the molecule is c1ccc(N(c2cc(-c3ccc4c(c3)oc3ccc5ccccc5c34)cc(N(c3ccccc3)c3ccc4c5ccccc5n(-c5ccccc5)c4c3)c2)c2ccc3sc4ccc5ccccc5c4c3c2)cc1. The number of thiophene rings is 1. The van der Waals surface area contributed by atoms with Crippen molar-refractivity contribution in [3.05, 3.63) is 261 Å². The minimum absolute atomic E-state index is 0.858. The summed E-state index contributed by atoms with van der Waals surface area (Å²) < 4.78 is 11.7. The summed E-state index contributed by atoms with van der Waals surface area (Å²) in [4.78, 5) is 4.84. The van der Waals surface area contributed by atoms with Crippen LogP contribution in [0.3, 0.4) is 0 Å². The van der Waals surface area contributed by atoms with Crippen LogP contribution in [-0.4, -0.2) is 4.57 Å². The van der Waals surface area contributed by atoms with Gasteiger partial charge in [0.2, 0.25) is 0 Å². The van der Waals surface area contributed by atoms with Crippen molar-refractivity contribution in [3.63, 3.8) is 0 Å². The zero-order valence-corrected chi connectivity index (χ0v) is 40.3. The highest BCUT2D eigenvalue weighted by Gasteiger charge is 2.23. The van der Waals surface area contributed by atoms with E-state index < -0.39 is 0 Å². The normalized spacial score (nSPS) is 11.8. The largest absolute Gasteiger partial charge is 0.456 e. The molecule has 15 rings (SSSR count). The minimum Gasteiger partial charge on any atom is -0.456 e. The van der Waals surface area contributed by atoms with Crippen LogP contribution in [0.15, 0.2) is 265 Å². The highest BCUT2D eigenvalue weighted by atomic mass is 32.1. The fourth-order valence-electron chi connectivity index (χ4n) is 11.4. The molecule has 0 aliphatic heterocycles. The second-order valence-corrected chi connectivity index (χ2v) is 20.0. The molecule has 0 saturated heterocycles. The molecule has 342 valence electrons. The Bertz CT molecular complexity index is 4630. The third-order valence-corrected chi connectivity index (χ3v) is 15.8. The molecule has 0 fully saturated rings. The first-order valence-corrected chi connectivity index (χ1v) is 25.6. The summed E-state index contributed by atoms with van der Waals surface area (Å²) in [7, 11) is 0. The number of para-hydroxylation sites is 4. The van der Waals surface area contributed by atoms with Gasteiger partial charge in [-0.15, -0.1) is 11.3 Å². The standard InChI is InChI=1S/C68H43N3OS/c1-4-18-48(19-5-1)69(51-32-37-65-60(42-51)68-56-25-13-11-17-45(56)30-36-66(68)73-65)53-38-47(46-28-33-59-64(40-46)72-63-35-29-44-16-10-12-24-55(44)67(59)63)39-54(41-53)70(49-20-6-2-7-21-49)52-31-34-58-57-26-14-15-27-61(57)71(62(58)43-52)50-22-8-3-9-23-50/h1-43H. The molecular weight excluding hydrogens is 907 g/mol. The molecule has 0 aliphatic rings. The van der Waals surface area contributed by atoms with Gasteiger partial charge in [0.1, 0.15) is 11.2 Å². The maximum atomic E-state index is 6.75. The number of aromatic nitrogens is 1. The molecule has 0 bridgehead atoms. The van der Waals surface area contributed by atoms with E-state index in [-0.39, 0.29) is 0 Å². The van der Waals surface area contributed by atoms with Crippen molar-refractivity contribution in [2.24, 2.45) is 0 Å². The Morgan fingerprint density at radius 2 is 0.863 bits per heavy atom. The molecular formula is C68H43N3OS. The number of rotatable bonds is 8. The van der Waals surface area contributed by atoms with Crippen LogP contribution in [0.2, 0.25) is 0 Å². The van der Waals surface area contributed by atoms with Crippen molar-refractivity contribution < 1.29 is 4.42 Å². The van der Waals surface area contributed by atoms with Crippen molar-refractivity contribution >= 4 is 131 Å². The number of furan rings is 1. The third-order valence-electron chi connectivity index (χ3n) is 14.7. The lowest BCUT2D eigenvalue weighted by Crippen LogP contribution is -2.13. The van der Waals surface area contributed by atoms with Gasteiger partial charge in [0.25, 0.3) is 0 Å². The summed E-state index contributed by atoms with van der Waals surface area (Å²) in [5.41, 5.74) is 13.6. The lowest BCUT2D eigenvalue weighted by molar-refractivity contribution is 0.669. The fraction of sp³-hybridized carbons (Fsp3) is 0. The Balaban J connectivity index is 0.995. The summed E-state index contributed by atoms with van der Waals surface area (Å²) in [5, 5.41) is 12.1. The maximum absolute atomic E-state index is 6.75. The summed E-state index contributed by atoms with van der Waals surface area (Å²) >= 11 is 1.86. The van der Waals surface area contributed by atoms with Gasteiger partial charge in [-0.1, -0.05) is 146 Å². The highest BCUT2D eigenvalue weighted by molar-refractivity contribution is 7.26. The van der Waals surface area contributed by atoms with Crippen LogP contribution in [0.4, 0.5) is 34.1 Å². The molecule has 73 heavy (non-hydrogen) atoms. The van der Waals surface area contributed by atoms with Crippen LogP contribution in [0.1, 0.15) is 0 Å². The van der Waals surface area contributed by atoms with Crippen LogP contribution >= 0.6 is 11.3 Å². The molecule has 0 unspecified atom stereocenters. The van der Waals surface area contributed by atoms with Gasteiger partial charge >= 0.3 is 0 Å². The van der Waals surface area contributed by atoms with Gasteiger partial charge in [-0.05, 0) is 148 Å². The minimum atomic E-state index is 0.858. The molecule has 0 radical (unpaired) electrons. The maximum Gasteiger partial charge on any atom is 0.136 e. The van der Waals surface area contributed by atoms with Gasteiger partial charge in [-0.2, -0.15) is 0 Å². The first-order chi connectivity index (χ1) is 36.2. The monoisotopic (exact) mass is 949 g/mol. The molecule has 0 spiro atoms. The zero-order valence-electron chi connectivity index (χ0n) is 39.5. The van der Waals surface area contributed by atoms with Gasteiger partial charge in [0.15, 0.2) is 0 Å². The predicted octanol–water partition coefficient (Wildman–Crippen LogP) is 20.0. The molecule has 0 aliphatic carbocycles. The molecule has 15 aromatic rings. The van der Waals surface area contributed by atoms with E-state index in [1.54, 1.807) is 0 Å². The van der Waals surface area contributed by atoms with Gasteiger partial charge in [-0.25, -0.2) is 0 Å². The first-order valence-electron chi connectivity index (χ1n) is 24.8. The van der Waals surface area contributed by atoms with Gasteiger partial charge in [-0.3, -0.25) is 0 Å². The second kappa shape index (κ2) is 16.6. The number of nitrogens with zero attached hydrogens (tertiary/aromatic N) is 3. The quantitative estimate of drug-likeness (QED) is 0.152. The summed E-state index contributed by atoms with van der Waals surface area (Å²) in [6, 6.07) is 94.9. The van der Waals surface area contributed by atoms with E-state index in [9.17, 15) is 0 Å². The van der Waals surface area contributed by atoms with Crippen LogP contribution in [0.5, 0.6) is 0 Å². The Kier molecular flexibility index (Phi) is 9.41. The Morgan fingerprint density at radius 3 is 1.59 bits per heavy atom. The van der Waals surface area contributed by atoms with E-state index in [4.69, 9.17) is 4.42 Å². The highest BCUT2D eigenvalue weighted by Crippen LogP contribution is 2.48. The van der Waals surface area contributed by atoms with E-state index >= 15 is 0 Å². The number of anilines is 6. The fourth-order valence-corrected chi connectivity index (χ4v) is 12.5. The smallest absolute Gasteiger partial charge is 0.136 e. The van der Waals surface area contributed by atoms with Gasteiger partial charge in [0.05, 0.1) is 11.0 Å². The van der Waals surface area contributed by atoms with Gasteiger partial charge in [0, 0.05) is 81.5 Å². The summed E-state index contributed by atoms with van der Waals surface area (Å²) in [6.07, 6.45) is 0. The predicted molar refractivity (Wildman–Crippen MR) is 311 cm³/mol. The number of fused-ring (bicyclic) bond motifs is 13. The van der Waals surface area contributed by atoms with E-state index in [1.807, 2.05) is 11.3 Å². The van der Waals surface area contributed by atoms with E-state index in [2.05, 4.69) is 275 Å². The number of hydrogen-bond acceptors (Lipinski definition) is 4. The Morgan fingerprint density at radius 1 is 0.301 bits per heavy atom. The summed E-state index contributed by atoms with van der Waals surface area (Å²) in [6.45, 7) is 0. The molecule has 12 aromatic carbocycles. The van der Waals surface area contributed by atoms with Gasteiger partial charge < -0.3 is 18.8 Å². The van der Waals surface area contributed by atoms with Crippen LogP contribution in [0.25, 0.3) is 102 Å². The average Bonchev–Trinajstić information content (AvgIpc) is 4.14. The molecule has 0 atom stereocenters. The average molecular weight is 950 g/mol. The van der Waals surface area contributed by atoms with Crippen molar-refractivity contribution in [2.75, 3.05) is 9.80 Å². The molecule has 3 aromatic heterocycles. The molecule has 4 nitrogen and oxygen atoms in total. The molecule has 0 saturated carbocycles. The zero-order chi connectivity index (χ0) is 48.0. The van der Waals surface area contributed by atoms with E-state index in [0.717, 1.165) is 78.4 Å². The Hall–Kier alpha value is -9.42. The van der Waals surface area contributed by atoms with Crippen LogP contribution in [-0.2, 0) is 0 Å². The van der Waals surface area contributed by atoms with Crippen molar-refractivity contribution in [1.29, 1.82) is 0 Å². The van der Waals surface area contributed by atoms with Crippen LogP contribution < -0.4 is 9.80 Å². The first kappa shape index (κ1) is 41.4. The number of hydrogen-bond donors (Lipinski definition) is 0. The molecule has 5 heteroatoms. The van der Waals surface area contributed by atoms with Crippen molar-refractivity contribution in [1.82, 2.24) is 4.57 Å². The topological polar surface area (TPSA) is 24.6 Å².